The fraction of sp³-hybridized carbons (Fsp3) is 0.583. The first-order valence-corrected chi connectivity index (χ1v) is 11.2. The maximum absolute atomic E-state index is 14.8. The second-order valence-corrected chi connectivity index (χ2v) is 9.36. The van der Waals surface area contributed by atoms with Gasteiger partial charge in [0.15, 0.2) is 11.6 Å². The molecule has 1 aliphatic carbocycles. The Morgan fingerprint density at radius 1 is 1.29 bits per heavy atom. The molecule has 31 heavy (non-hydrogen) atoms. The van der Waals surface area contributed by atoms with Crippen molar-refractivity contribution in [2.45, 2.75) is 71.8 Å². The summed E-state index contributed by atoms with van der Waals surface area (Å²) < 4.78 is 31.0. The number of halogens is 2. The lowest BCUT2D eigenvalue weighted by molar-refractivity contribution is -0.00543. The van der Waals surface area contributed by atoms with Crippen molar-refractivity contribution in [3.8, 4) is 5.69 Å². The van der Waals surface area contributed by atoms with Crippen LogP contribution in [-0.2, 0) is 12.8 Å². The maximum Gasteiger partial charge on any atom is 0.271 e. The van der Waals surface area contributed by atoms with Crippen molar-refractivity contribution < 1.29 is 18.7 Å². The van der Waals surface area contributed by atoms with E-state index in [0.29, 0.717) is 43.0 Å². The van der Waals surface area contributed by atoms with Crippen molar-refractivity contribution in [3.05, 3.63) is 47.0 Å². The quantitative estimate of drug-likeness (QED) is 0.672. The summed E-state index contributed by atoms with van der Waals surface area (Å²) >= 11 is 0. The molecule has 7 heteroatoms. The molecule has 0 atom stereocenters. The normalized spacial score (nSPS) is 21.5. The van der Waals surface area contributed by atoms with Gasteiger partial charge in [-0.05, 0) is 61.6 Å². The SMILES string of the molecule is CCc1nc(C(=O)NCC2(O)CCC(C)CC2)cn1-c1c(F)cc(CC(C)C)cc1F. The Balaban J connectivity index is 1.80. The molecule has 2 aromatic rings. The third-order valence-corrected chi connectivity index (χ3v) is 6.07. The molecule has 1 amide bonds. The topological polar surface area (TPSA) is 67.2 Å². The van der Waals surface area contributed by atoms with Gasteiger partial charge in [0, 0.05) is 19.2 Å². The van der Waals surface area contributed by atoms with E-state index in [1.165, 1.54) is 22.9 Å². The number of hydrogen-bond donors (Lipinski definition) is 2. The third-order valence-electron chi connectivity index (χ3n) is 6.07. The number of carbonyl (C=O) groups is 1. The molecule has 0 spiro atoms. The van der Waals surface area contributed by atoms with Gasteiger partial charge in [-0.2, -0.15) is 0 Å². The number of benzene rings is 1. The zero-order valence-electron chi connectivity index (χ0n) is 18.8. The molecule has 0 unspecified atom stereocenters. The molecule has 1 saturated carbocycles. The van der Waals surface area contributed by atoms with Crippen LogP contribution in [0.4, 0.5) is 8.78 Å². The van der Waals surface area contributed by atoms with Gasteiger partial charge in [-0.15, -0.1) is 0 Å². The van der Waals surface area contributed by atoms with Crippen molar-refractivity contribution in [1.29, 1.82) is 0 Å². The molecule has 1 heterocycles. The number of aliphatic hydroxyl groups is 1. The van der Waals surface area contributed by atoms with E-state index >= 15 is 0 Å². The van der Waals surface area contributed by atoms with Crippen LogP contribution < -0.4 is 5.32 Å². The van der Waals surface area contributed by atoms with Crippen LogP contribution in [0.15, 0.2) is 18.3 Å². The van der Waals surface area contributed by atoms with Gasteiger partial charge in [-0.1, -0.05) is 27.7 Å². The van der Waals surface area contributed by atoms with Crippen LogP contribution in [0.1, 0.15) is 75.3 Å². The van der Waals surface area contributed by atoms with Crippen molar-refractivity contribution in [2.75, 3.05) is 6.54 Å². The standard InChI is InChI=1S/C24H33F2N3O2/c1-5-21-28-20(23(30)27-14-24(31)8-6-16(4)7-9-24)13-29(21)22-18(25)11-17(10-15(2)3)12-19(22)26/h11-13,15-16,31H,5-10,14H2,1-4H3,(H,27,30). The minimum Gasteiger partial charge on any atom is -0.388 e. The summed E-state index contributed by atoms with van der Waals surface area (Å²) in [5, 5.41) is 13.4. The van der Waals surface area contributed by atoms with E-state index in [9.17, 15) is 18.7 Å². The zero-order chi connectivity index (χ0) is 22.8. The van der Waals surface area contributed by atoms with E-state index in [2.05, 4.69) is 17.2 Å². The zero-order valence-corrected chi connectivity index (χ0v) is 18.8. The number of aryl methyl sites for hydroxylation is 1. The molecule has 0 saturated heterocycles. The van der Waals surface area contributed by atoms with Crippen LogP contribution in [0.25, 0.3) is 5.69 Å². The van der Waals surface area contributed by atoms with E-state index in [-0.39, 0.29) is 23.8 Å². The fourth-order valence-electron chi connectivity index (χ4n) is 4.22. The summed E-state index contributed by atoms with van der Waals surface area (Å²) in [5.41, 5.74) is -0.464. The van der Waals surface area contributed by atoms with Gasteiger partial charge in [0.1, 0.15) is 17.2 Å². The number of imidazole rings is 1. The lowest BCUT2D eigenvalue weighted by Crippen LogP contribution is -2.45. The highest BCUT2D eigenvalue weighted by Gasteiger charge is 2.32. The first kappa shape index (κ1) is 23.4. The predicted octanol–water partition coefficient (Wildman–Crippen LogP) is 4.58. The summed E-state index contributed by atoms with van der Waals surface area (Å²) in [6.07, 6.45) is 5.48. The number of aromatic nitrogens is 2. The molecule has 0 bridgehead atoms. The number of nitrogens with one attached hydrogen (secondary N) is 1. The second-order valence-electron chi connectivity index (χ2n) is 9.36. The number of amides is 1. The van der Waals surface area contributed by atoms with Gasteiger partial charge in [0.25, 0.3) is 5.91 Å². The van der Waals surface area contributed by atoms with Crippen LogP contribution in [0, 0.1) is 23.5 Å². The van der Waals surface area contributed by atoms with E-state index in [1.807, 2.05) is 20.8 Å². The van der Waals surface area contributed by atoms with Crippen molar-refractivity contribution in [1.82, 2.24) is 14.9 Å². The highest BCUT2D eigenvalue weighted by atomic mass is 19.1. The van der Waals surface area contributed by atoms with Crippen LogP contribution in [0.3, 0.4) is 0 Å². The van der Waals surface area contributed by atoms with Gasteiger partial charge in [0.2, 0.25) is 0 Å². The van der Waals surface area contributed by atoms with E-state index < -0.39 is 23.1 Å². The van der Waals surface area contributed by atoms with Gasteiger partial charge >= 0.3 is 0 Å². The maximum atomic E-state index is 14.8. The average molecular weight is 434 g/mol. The molecule has 5 nitrogen and oxygen atoms in total. The Morgan fingerprint density at radius 2 is 1.90 bits per heavy atom. The summed E-state index contributed by atoms with van der Waals surface area (Å²) in [6.45, 7) is 8.09. The van der Waals surface area contributed by atoms with E-state index in [1.54, 1.807) is 0 Å². The largest absolute Gasteiger partial charge is 0.388 e. The third kappa shape index (κ3) is 5.50. The summed E-state index contributed by atoms with van der Waals surface area (Å²) in [4.78, 5) is 17.0. The Kier molecular flexibility index (Phi) is 7.14. The summed E-state index contributed by atoms with van der Waals surface area (Å²) in [5.74, 6) is -0.569. The van der Waals surface area contributed by atoms with Gasteiger partial charge in [-0.3, -0.25) is 9.36 Å². The minimum absolute atomic E-state index is 0.0784. The molecule has 3 rings (SSSR count). The molecule has 1 aromatic heterocycles. The monoisotopic (exact) mass is 433 g/mol. The Labute approximate surface area is 182 Å². The van der Waals surface area contributed by atoms with Crippen molar-refractivity contribution in [3.63, 3.8) is 0 Å². The van der Waals surface area contributed by atoms with Crippen LogP contribution >= 0.6 is 0 Å². The predicted molar refractivity (Wildman–Crippen MR) is 116 cm³/mol. The molecule has 1 aromatic carbocycles. The lowest BCUT2D eigenvalue weighted by atomic mass is 9.79. The lowest BCUT2D eigenvalue weighted by Gasteiger charge is -2.34. The fourth-order valence-corrected chi connectivity index (χ4v) is 4.22. The Hall–Kier alpha value is -2.28. The average Bonchev–Trinajstić information content (AvgIpc) is 3.12. The molecular weight excluding hydrogens is 400 g/mol. The Bertz CT molecular complexity index is 908. The number of hydrogen-bond acceptors (Lipinski definition) is 3. The molecular formula is C24H33F2N3O2. The van der Waals surface area contributed by atoms with Crippen LogP contribution in [-0.4, -0.2) is 32.7 Å². The van der Waals surface area contributed by atoms with Crippen LogP contribution in [0.2, 0.25) is 0 Å². The number of rotatable bonds is 7. The number of carbonyl (C=O) groups excluding carboxylic acids is 1. The van der Waals surface area contributed by atoms with E-state index in [0.717, 1.165) is 12.8 Å². The van der Waals surface area contributed by atoms with Gasteiger partial charge < -0.3 is 10.4 Å². The molecule has 1 aliphatic rings. The van der Waals surface area contributed by atoms with Crippen molar-refractivity contribution in [2.24, 2.45) is 11.8 Å². The second kappa shape index (κ2) is 9.47. The molecule has 0 aliphatic heterocycles. The molecule has 170 valence electrons. The Morgan fingerprint density at radius 3 is 2.45 bits per heavy atom. The molecule has 1 fully saturated rings. The van der Waals surface area contributed by atoms with Gasteiger partial charge in [0.05, 0.1) is 5.60 Å². The first-order valence-electron chi connectivity index (χ1n) is 11.2. The van der Waals surface area contributed by atoms with Crippen molar-refractivity contribution >= 4 is 5.91 Å². The highest BCUT2D eigenvalue weighted by Crippen LogP contribution is 2.31. The van der Waals surface area contributed by atoms with Gasteiger partial charge in [-0.25, -0.2) is 13.8 Å². The summed E-state index contributed by atoms with van der Waals surface area (Å²) in [6, 6.07) is 2.69. The highest BCUT2D eigenvalue weighted by molar-refractivity contribution is 5.92. The molecule has 0 radical (unpaired) electrons. The molecule has 2 N–H and O–H groups in total. The smallest absolute Gasteiger partial charge is 0.271 e. The number of nitrogens with zero attached hydrogens (tertiary/aromatic N) is 2. The van der Waals surface area contributed by atoms with E-state index in [4.69, 9.17) is 0 Å². The minimum atomic E-state index is -0.914. The van der Waals surface area contributed by atoms with Crippen LogP contribution in [0.5, 0.6) is 0 Å². The summed E-state index contributed by atoms with van der Waals surface area (Å²) in [7, 11) is 0. The first-order chi connectivity index (χ1) is 14.6.